The number of aryl methyl sites for hydroxylation is 2. The summed E-state index contributed by atoms with van der Waals surface area (Å²) in [6, 6.07) is 3.31. The second-order valence-corrected chi connectivity index (χ2v) is 11.2. The van der Waals surface area contributed by atoms with Gasteiger partial charge in [0.1, 0.15) is 17.7 Å². The van der Waals surface area contributed by atoms with E-state index < -0.39 is 42.0 Å². The van der Waals surface area contributed by atoms with Crippen LogP contribution in [0.25, 0.3) is 0 Å². The predicted octanol–water partition coefficient (Wildman–Crippen LogP) is 3.80. The van der Waals surface area contributed by atoms with Gasteiger partial charge >= 0.3 is 6.09 Å². The van der Waals surface area contributed by atoms with E-state index in [-0.39, 0.29) is 18.0 Å². The van der Waals surface area contributed by atoms with E-state index in [1.807, 2.05) is 45.9 Å². The molecule has 1 aliphatic carbocycles. The highest BCUT2D eigenvalue weighted by Crippen LogP contribution is 2.35. The summed E-state index contributed by atoms with van der Waals surface area (Å²) < 4.78 is 5.33. The summed E-state index contributed by atoms with van der Waals surface area (Å²) in [5, 5.41) is 5.61. The van der Waals surface area contributed by atoms with Crippen LogP contribution in [0.2, 0.25) is 0 Å². The fraction of sp³-hybridized carbons (Fsp3) is 0.643. The third-order valence-electron chi connectivity index (χ3n) is 6.47. The molecule has 0 aliphatic heterocycles. The first-order valence-electron chi connectivity index (χ1n) is 13.2. The smallest absolute Gasteiger partial charge is 0.408 e. The predicted molar refractivity (Wildman–Crippen MR) is 143 cm³/mol. The van der Waals surface area contributed by atoms with E-state index in [9.17, 15) is 19.2 Å². The van der Waals surface area contributed by atoms with Crippen molar-refractivity contribution in [1.82, 2.24) is 15.5 Å². The first-order valence-corrected chi connectivity index (χ1v) is 13.2. The molecule has 1 saturated carbocycles. The number of nitrogens with two attached hydrogens (primary N) is 1. The van der Waals surface area contributed by atoms with Crippen molar-refractivity contribution in [1.29, 1.82) is 0 Å². The molecule has 1 aromatic rings. The molecule has 2 rings (SSSR count). The Kier molecular flexibility index (Phi) is 10.5. The number of rotatable bonds is 11. The second-order valence-electron chi connectivity index (χ2n) is 11.2. The zero-order valence-corrected chi connectivity index (χ0v) is 23.3. The van der Waals surface area contributed by atoms with E-state index in [0.29, 0.717) is 5.56 Å². The maximum absolute atomic E-state index is 14.1. The molecule has 0 spiro atoms. The van der Waals surface area contributed by atoms with Crippen LogP contribution < -0.4 is 16.4 Å². The Labute approximate surface area is 220 Å². The van der Waals surface area contributed by atoms with Gasteiger partial charge in [0.05, 0.1) is 6.42 Å². The second kappa shape index (κ2) is 12.9. The Morgan fingerprint density at radius 1 is 1.14 bits per heavy atom. The number of carbonyl (C=O) groups is 4. The van der Waals surface area contributed by atoms with Gasteiger partial charge < -0.3 is 26.0 Å². The number of benzene rings is 1. The Balaban J connectivity index is 2.54. The number of amides is 4. The van der Waals surface area contributed by atoms with Crippen LogP contribution >= 0.6 is 0 Å². The highest BCUT2D eigenvalue weighted by atomic mass is 16.6. The van der Waals surface area contributed by atoms with Crippen molar-refractivity contribution < 1.29 is 23.9 Å². The Hall–Kier alpha value is -3.10. The fourth-order valence-corrected chi connectivity index (χ4v) is 4.59. The molecule has 0 radical (unpaired) electrons. The first-order chi connectivity index (χ1) is 17.2. The van der Waals surface area contributed by atoms with Crippen LogP contribution in [-0.4, -0.2) is 52.4 Å². The van der Waals surface area contributed by atoms with Gasteiger partial charge in [0.2, 0.25) is 17.7 Å². The lowest BCUT2D eigenvalue weighted by Crippen LogP contribution is -2.58. The number of primary amides is 1. The summed E-state index contributed by atoms with van der Waals surface area (Å²) >= 11 is 0. The van der Waals surface area contributed by atoms with E-state index in [4.69, 9.17) is 10.5 Å². The van der Waals surface area contributed by atoms with Crippen molar-refractivity contribution in [2.75, 3.05) is 0 Å². The van der Waals surface area contributed by atoms with Gasteiger partial charge in [0.25, 0.3) is 0 Å². The van der Waals surface area contributed by atoms with Gasteiger partial charge in [-0.15, -0.1) is 0 Å². The first kappa shape index (κ1) is 30.1. The van der Waals surface area contributed by atoms with Crippen LogP contribution in [0.5, 0.6) is 0 Å². The Bertz CT molecular complexity index is 983. The van der Waals surface area contributed by atoms with Crippen molar-refractivity contribution in [3.05, 3.63) is 34.9 Å². The molecule has 1 aliphatic rings. The average molecular weight is 517 g/mol. The number of ether oxygens (including phenoxy) is 1. The molecule has 9 heteroatoms. The topological polar surface area (TPSA) is 131 Å². The molecule has 1 aromatic carbocycles. The molecule has 0 heterocycles. The normalized spacial score (nSPS) is 16.1. The van der Waals surface area contributed by atoms with E-state index in [1.165, 1.54) is 0 Å². The fourth-order valence-electron chi connectivity index (χ4n) is 4.59. The largest absolute Gasteiger partial charge is 0.444 e. The summed E-state index contributed by atoms with van der Waals surface area (Å²) in [4.78, 5) is 53.9. The maximum atomic E-state index is 14.1. The molecular formula is C28H44N4O5. The molecule has 4 amide bonds. The number of nitrogens with one attached hydrogen (secondary N) is 2. The molecule has 4 N–H and O–H groups in total. The molecule has 9 nitrogen and oxygen atoms in total. The van der Waals surface area contributed by atoms with Crippen molar-refractivity contribution in [2.45, 2.75) is 117 Å². The van der Waals surface area contributed by atoms with Crippen LogP contribution in [0.1, 0.15) is 95.9 Å². The molecule has 0 bridgehead atoms. The van der Waals surface area contributed by atoms with Crippen molar-refractivity contribution in [3.8, 4) is 0 Å². The van der Waals surface area contributed by atoms with Gasteiger partial charge in [0, 0.05) is 12.1 Å². The van der Waals surface area contributed by atoms with Crippen LogP contribution in [-0.2, 0) is 19.1 Å². The van der Waals surface area contributed by atoms with Gasteiger partial charge in [-0.1, -0.05) is 37.1 Å². The summed E-state index contributed by atoms with van der Waals surface area (Å²) in [7, 11) is 0. The van der Waals surface area contributed by atoms with Gasteiger partial charge in [-0.3, -0.25) is 14.4 Å². The lowest BCUT2D eigenvalue weighted by molar-refractivity contribution is -0.148. The average Bonchev–Trinajstić information content (AvgIpc) is 2.70. The van der Waals surface area contributed by atoms with E-state index in [1.54, 1.807) is 25.7 Å². The highest BCUT2D eigenvalue weighted by molar-refractivity contribution is 5.95. The molecular weight excluding hydrogens is 472 g/mol. The lowest BCUT2D eigenvalue weighted by Gasteiger charge is -2.44. The standard InChI is InChI=1S/C28H44N4O5/c1-8-10-19(4)30-25(34)24(21-14-13-17(2)15-18(21)3)32(20-11-9-12-20)26(35)22(16-23(29)33)31-27(36)37-28(5,6)7/h13-15,19-20,22,24H,8-12,16H2,1-7H3,(H2,29,33)(H,30,34)(H,31,36). The third-order valence-corrected chi connectivity index (χ3v) is 6.47. The molecule has 0 saturated heterocycles. The molecule has 3 atom stereocenters. The zero-order valence-electron chi connectivity index (χ0n) is 23.3. The highest BCUT2D eigenvalue weighted by Gasteiger charge is 2.43. The number of carbonyl (C=O) groups excluding carboxylic acids is 4. The molecule has 0 aromatic heterocycles. The zero-order chi connectivity index (χ0) is 27.9. The molecule has 3 unspecified atom stereocenters. The van der Waals surface area contributed by atoms with Crippen molar-refractivity contribution >= 4 is 23.8 Å². The summed E-state index contributed by atoms with van der Waals surface area (Å²) in [5.74, 6) is -1.56. The van der Waals surface area contributed by atoms with Gasteiger partial charge in [-0.2, -0.15) is 0 Å². The SMILES string of the molecule is CCCC(C)NC(=O)C(c1ccc(C)cc1C)N(C(=O)C(CC(N)=O)NC(=O)OC(C)(C)C)C1CCC1. The maximum Gasteiger partial charge on any atom is 0.408 e. The minimum atomic E-state index is -1.26. The molecule has 37 heavy (non-hydrogen) atoms. The minimum absolute atomic E-state index is 0.0783. The van der Waals surface area contributed by atoms with E-state index in [0.717, 1.165) is 43.2 Å². The summed E-state index contributed by atoms with van der Waals surface area (Å²) in [6.45, 7) is 13.0. The van der Waals surface area contributed by atoms with Crippen molar-refractivity contribution in [3.63, 3.8) is 0 Å². The number of nitrogens with zero attached hydrogens (tertiary/aromatic N) is 1. The monoisotopic (exact) mass is 516 g/mol. The van der Waals surface area contributed by atoms with E-state index in [2.05, 4.69) is 10.6 Å². The summed E-state index contributed by atoms with van der Waals surface area (Å²) in [5.41, 5.74) is 7.30. The van der Waals surface area contributed by atoms with Crippen LogP contribution in [0, 0.1) is 13.8 Å². The minimum Gasteiger partial charge on any atom is -0.444 e. The van der Waals surface area contributed by atoms with Crippen LogP contribution in [0.15, 0.2) is 18.2 Å². The third kappa shape index (κ3) is 8.76. The number of hydrogen-bond donors (Lipinski definition) is 3. The number of hydrogen-bond acceptors (Lipinski definition) is 5. The lowest BCUT2D eigenvalue weighted by atomic mass is 9.86. The summed E-state index contributed by atoms with van der Waals surface area (Å²) in [6.07, 6.45) is 2.83. The van der Waals surface area contributed by atoms with Gasteiger partial charge in [-0.05, 0) is 78.4 Å². The van der Waals surface area contributed by atoms with Crippen LogP contribution in [0.4, 0.5) is 4.79 Å². The molecule has 206 valence electrons. The number of alkyl carbamates (subject to hydrolysis) is 1. The quantitative estimate of drug-likeness (QED) is 0.412. The Morgan fingerprint density at radius 2 is 1.78 bits per heavy atom. The molecule has 1 fully saturated rings. The van der Waals surface area contributed by atoms with Crippen LogP contribution in [0.3, 0.4) is 0 Å². The van der Waals surface area contributed by atoms with Gasteiger partial charge in [-0.25, -0.2) is 4.79 Å². The Morgan fingerprint density at radius 3 is 2.27 bits per heavy atom. The van der Waals surface area contributed by atoms with Crippen molar-refractivity contribution in [2.24, 2.45) is 5.73 Å². The van der Waals surface area contributed by atoms with Gasteiger partial charge in [0.15, 0.2) is 0 Å². The van der Waals surface area contributed by atoms with E-state index >= 15 is 0 Å².